The molecule has 6 heterocycles. The quantitative estimate of drug-likeness (QED) is 0.175. The number of rotatable bonds is 8. The number of hydrazine groups is 1. The van der Waals surface area contributed by atoms with Crippen LogP contribution in [0.1, 0.15) is 83.7 Å². The number of amides is 4. The number of esters is 1. The van der Waals surface area contributed by atoms with Crippen LogP contribution in [-0.2, 0) is 53.3 Å². The third-order valence-corrected chi connectivity index (χ3v) is 14.0. The van der Waals surface area contributed by atoms with E-state index in [9.17, 15) is 24.0 Å². The molecule has 2 fully saturated rings. The van der Waals surface area contributed by atoms with Crippen LogP contribution in [0.15, 0.2) is 41.9 Å². The largest absolute Gasteiger partial charge is 0.464 e. The SMILES string of the molecule is CC#CC(=O)N1C[C@H](C)[C@H](C(=O)N(C)[C@H](C(=O)N[C@H]2Cc3nc(cs3)-c3ccc4c(c3)c(c(-c3cccnc3[C@H](C)OC)n4C)CC(C)(C)COC(=O)[C@@H]3CCCN(N3)C2=O)C(C)C)C1. The number of aryl methyl sites for hydroxylation is 1. The monoisotopic (exact) mass is 906 g/mol. The van der Waals surface area contributed by atoms with Gasteiger partial charge in [-0.3, -0.25) is 34.0 Å². The van der Waals surface area contributed by atoms with E-state index in [1.165, 1.54) is 21.2 Å². The van der Waals surface area contributed by atoms with E-state index in [1.807, 2.05) is 45.2 Å². The van der Waals surface area contributed by atoms with E-state index in [4.69, 9.17) is 19.4 Å². The molecule has 7 rings (SSSR count). The Morgan fingerprint density at radius 2 is 1.91 bits per heavy atom. The molecule has 15 nitrogen and oxygen atoms in total. The van der Waals surface area contributed by atoms with Gasteiger partial charge in [0.15, 0.2) is 0 Å². The van der Waals surface area contributed by atoms with Gasteiger partial charge in [-0.15, -0.1) is 11.3 Å². The number of ether oxygens (including phenoxy) is 2. The van der Waals surface area contributed by atoms with E-state index in [2.05, 4.69) is 66.2 Å². The van der Waals surface area contributed by atoms with Gasteiger partial charge >= 0.3 is 5.97 Å². The Morgan fingerprint density at radius 3 is 2.63 bits per heavy atom. The molecule has 2 saturated heterocycles. The van der Waals surface area contributed by atoms with Crippen molar-refractivity contribution in [3.8, 4) is 34.4 Å². The highest BCUT2D eigenvalue weighted by Crippen LogP contribution is 2.41. The zero-order valence-corrected chi connectivity index (χ0v) is 40.0. The first-order chi connectivity index (χ1) is 30.9. The Hall–Kier alpha value is -5.63. The summed E-state index contributed by atoms with van der Waals surface area (Å²) < 4.78 is 14.0. The van der Waals surface area contributed by atoms with Crippen LogP contribution in [0.5, 0.6) is 0 Å². The molecule has 4 amide bonds. The highest BCUT2D eigenvalue weighted by atomic mass is 32.1. The number of likely N-dealkylation sites (tertiary alicyclic amines) is 1. The third-order valence-electron chi connectivity index (χ3n) is 13.1. The van der Waals surface area contributed by atoms with Gasteiger partial charge in [0.25, 0.3) is 11.8 Å². The zero-order chi connectivity index (χ0) is 46.9. The van der Waals surface area contributed by atoms with Gasteiger partial charge in [0.05, 0.1) is 40.7 Å². The van der Waals surface area contributed by atoms with Crippen molar-refractivity contribution in [2.75, 3.05) is 40.4 Å². The maximum atomic E-state index is 14.6. The summed E-state index contributed by atoms with van der Waals surface area (Å²) >= 11 is 1.40. The van der Waals surface area contributed by atoms with Gasteiger partial charge in [0, 0.05) is 86.3 Å². The molecule has 6 atom stereocenters. The average Bonchev–Trinajstić information content (AvgIpc) is 3.99. The number of likely N-dealkylation sites (N-methyl/N-ethyl adjacent to an activating group) is 1. The summed E-state index contributed by atoms with van der Waals surface area (Å²) in [6.07, 6.45) is 3.15. The summed E-state index contributed by atoms with van der Waals surface area (Å²) in [5.41, 5.74) is 9.11. The maximum Gasteiger partial charge on any atom is 0.324 e. The minimum Gasteiger partial charge on any atom is -0.464 e. The van der Waals surface area contributed by atoms with Gasteiger partial charge in [0.2, 0.25) is 11.8 Å². The van der Waals surface area contributed by atoms with Crippen LogP contribution in [0.4, 0.5) is 0 Å². The first-order valence-electron chi connectivity index (χ1n) is 22.5. The van der Waals surface area contributed by atoms with Crippen molar-refractivity contribution in [3.05, 3.63) is 58.2 Å². The van der Waals surface area contributed by atoms with Crippen LogP contribution >= 0.6 is 11.3 Å². The number of fused-ring (bicyclic) bond motifs is 6. The van der Waals surface area contributed by atoms with Gasteiger partial charge in [-0.2, -0.15) is 0 Å². The van der Waals surface area contributed by atoms with E-state index >= 15 is 0 Å². The number of pyridine rings is 1. The molecule has 0 saturated carbocycles. The van der Waals surface area contributed by atoms with E-state index < -0.39 is 47.2 Å². The van der Waals surface area contributed by atoms with E-state index in [0.717, 1.165) is 44.7 Å². The van der Waals surface area contributed by atoms with Crippen LogP contribution in [0.2, 0.25) is 0 Å². The van der Waals surface area contributed by atoms with Crippen molar-refractivity contribution in [2.24, 2.45) is 30.2 Å². The van der Waals surface area contributed by atoms with Gasteiger partial charge in [-0.25, -0.2) is 10.4 Å². The van der Waals surface area contributed by atoms with Gasteiger partial charge in [-0.1, -0.05) is 46.6 Å². The van der Waals surface area contributed by atoms with Crippen molar-refractivity contribution in [2.45, 2.75) is 98.4 Å². The fraction of sp³-hybridized carbons (Fsp3) is 0.531. The number of nitrogens with zero attached hydrogens (tertiary/aromatic N) is 6. The molecule has 6 bridgehead atoms. The number of nitrogens with one attached hydrogen (secondary N) is 2. The molecule has 0 aliphatic carbocycles. The Balaban J connectivity index is 1.25. The van der Waals surface area contributed by atoms with Crippen molar-refractivity contribution in [1.29, 1.82) is 0 Å². The summed E-state index contributed by atoms with van der Waals surface area (Å²) in [5.74, 6) is 2.23. The first kappa shape index (κ1) is 47.3. The lowest BCUT2D eigenvalue weighted by atomic mass is 9.84. The average molecular weight is 907 g/mol. The van der Waals surface area contributed by atoms with E-state index in [0.29, 0.717) is 37.4 Å². The summed E-state index contributed by atoms with van der Waals surface area (Å²) in [5, 5.41) is 8.06. The molecule has 3 aliphatic heterocycles. The summed E-state index contributed by atoms with van der Waals surface area (Å²) in [7, 11) is 5.33. The zero-order valence-electron chi connectivity index (χ0n) is 39.2. The van der Waals surface area contributed by atoms with Crippen LogP contribution in [-0.4, -0.2) is 117 Å². The molecule has 65 heavy (non-hydrogen) atoms. The molecular formula is C49H62N8O7S. The number of methoxy groups -OCH3 is 1. The number of cyclic esters (lactones) is 1. The number of thiazole rings is 1. The molecule has 2 N–H and O–H groups in total. The first-order valence-corrected chi connectivity index (χ1v) is 23.4. The highest BCUT2D eigenvalue weighted by Gasteiger charge is 2.43. The number of benzene rings is 1. The molecule has 16 heteroatoms. The predicted octanol–water partition coefficient (Wildman–Crippen LogP) is 5.32. The number of aromatic nitrogens is 3. The van der Waals surface area contributed by atoms with Gasteiger partial charge < -0.3 is 29.2 Å². The Labute approximate surface area is 385 Å². The standard InChI is InChI=1S/C49H62N8O7S/c1-11-14-41(58)56-24-29(4)35(25-56)46(60)55(9)43(28(2)3)45(59)52-37-22-40-51-38(26-65-40)31-17-18-39-33(21-31)34(44(54(39)8)32-15-12-19-50-42(32)30(5)63-10)23-49(6,7)27-64-48(62)36-16-13-20-57(53-36)47(37)61/h12,15,17-19,21,26,28-30,35-37,43,53H,13,16,20,22-25,27H2,1-10H3,(H,52,59)/t29-,30-,35+,36-,37-,43-/m0/s1. The lowest BCUT2D eigenvalue weighted by molar-refractivity contribution is -0.155. The highest BCUT2D eigenvalue weighted by molar-refractivity contribution is 7.10. The minimum atomic E-state index is -1.09. The summed E-state index contributed by atoms with van der Waals surface area (Å²) in [6.45, 7) is 14.4. The second-order valence-electron chi connectivity index (χ2n) is 18.9. The Bertz CT molecular complexity index is 2540. The Morgan fingerprint density at radius 1 is 1.14 bits per heavy atom. The normalized spacial score (nSPS) is 22.1. The molecule has 0 unspecified atom stereocenters. The van der Waals surface area contributed by atoms with Crippen molar-refractivity contribution in [1.82, 2.24) is 40.1 Å². The fourth-order valence-electron chi connectivity index (χ4n) is 9.59. The van der Waals surface area contributed by atoms with Crippen LogP contribution in [0, 0.1) is 35.0 Å². The van der Waals surface area contributed by atoms with Gasteiger partial charge in [-0.05, 0) is 80.7 Å². The van der Waals surface area contributed by atoms with Gasteiger partial charge in [0.1, 0.15) is 18.1 Å². The Kier molecular flexibility index (Phi) is 14.2. The fourth-order valence-corrected chi connectivity index (χ4v) is 10.4. The second kappa shape index (κ2) is 19.5. The molecule has 3 aliphatic rings. The lowest BCUT2D eigenvalue weighted by Crippen LogP contribution is -2.62. The second-order valence-corrected chi connectivity index (χ2v) is 19.8. The molecule has 4 aromatic rings. The van der Waals surface area contributed by atoms with Crippen molar-refractivity contribution >= 4 is 51.8 Å². The van der Waals surface area contributed by atoms with Crippen LogP contribution in [0.3, 0.4) is 0 Å². The molecule has 0 spiro atoms. The molecule has 3 aromatic heterocycles. The number of carbonyl (C=O) groups is 5. The number of hydrogen-bond acceptors (Lipinski definition) is 11. The van der Waals surface area contributed by atoms with E-state index in [1.54, 1.807) is 32.2 Å². The minimum absolute atomic E-state index is 0.0683. The van der Waals surface area contributed by atoms with E-state index in [-0.39, 0.29) is 49.3 Å². The van der Waals surface area contributed by atoms with Crippen molar-refractivity contribution in [3.63, 3.8) is 0 Å². The molecule has 346 valence electrons. The smallest absolute Gasteiger partial charge is 0.324 e. The molecule has 0 radical (unpaired) electrons. The summed E-state index contributed by atoms with van der Waals surface area (Å²) in [6, 6.07) is 7.48. The third kappa shape index (κ3) is 9.83. The summed E-state index contributed by atoms with van der Waals surface area (Å²) in [4.78, 5) is 82.5. The predicted molar refractivity (Wildman–Crippen MR) is 249 cm³/mol. The topological polar surface area (TPSA) is 168 Å². The molecular weight excluding hydrogens is 845 g/mol. The van der Waals surface area contributed by atoms with Crippen LogP contribution in [0.25, 0.3) is 33.4 Å². The molecule has 1 aromatic carbocycles. The lowest BCUT2D eigenvalue weighted by Gasteiger charge is -2.37. The maximum absolute atomic E-state index is 14.6. The number of carbonyl (C=O) groups excluding carboxylic acids is 5. The van der Waals surface area contributed by atoms with Crippen LogP contribution < -0.4 is 10.7 Å². The van der Waals surface area contributed by atoms with Crippen molar-refractivity contribution < 1.29 is 33.4 Å². The number of hydrogen-bond donors (Lipinski definition) is 2.